The van der Waals surface area contributed by atoms with E-state index in [-0.39, 0.29) is 18.1 Å². The van der Waals surface area contributed by atoms with E-state index in [1.165, 1.54) is 12.1 Å². The highest BCUT2D eigenvalue weighted by atomic mass is 19.1. The van der Waals surface area contributed by atoms with Crippen molar-refractivity contribution in [2.75, 3.05) is 5.32 Å². The Morgan fingerprint density at radius 3 is 2.32 bits per heavy atom. The molecule has 0 atom stereocenters. The predicted octanol–water partition coefficient (Wildman–Crippen LogP) is 4.59. The van der Waals surface area contributed by atoms with E-state index in [1.54, 1.807) is 36.4 Å². The minimum absolute atomic E-state index is 0.129. The van der Waals surface area contributed by atoms with Crippen LogP contribution in [0.1, 0.15) is 11.1 Å². The first-order chi connectivity index (χ1) is 12.2. The number of carbonyl (C=O) groups is 1. The van der Waals surface area contributed by atoms with Crippen LogP contribution in [0.2, 0.25) is 0 Å². The van der Waals surface area contributed by atoms with Gasteiger partial charge in [0.2, 0.25) is 5.91 Å². The number of ether oxygens (including phenoxy) is 1. The first-order valence-electron chi connectivity index (χ1n) is 8.00. The molecule has 3 rings (SSSR count). The summed E-state index contributed by atoms with van der Waals surface area (Å²) in [5, 5.41) is 2.79. The van der Waals surface area contributed by atoms with Crippen LogP contribution in [0, 0.1) is 5.82 Å². The van der Waals surface area contributed by atoms with Gasteiger partial charge >= 0.3 is 0 Å². The van der Waals surface area contributed by atoms with Crippen molar-refractivity contribution in [3.63, 3.8) is 0 Å². The smallest absolute Gasteiger partial charge is 0.228 e. The molecule has 0 aliphatic heterocycles. The monoisotopic (exact) mass is 335 g/mol. The van der Waals surface area contributed by atoms with Crippen LogP contribution in [0.25, 0.3) is 0 Å². The number of hydrogen-bond donors (Lipinski definition) is 1. The number of benzene rings is 3. The van der Waals surface area contributed by atoms with Gasteiger partial charge in [0.15, 0.2) is 0 Å². The van der Waals surface area contributed by atoms with Crippen molar-refractivity contribution >= 4 is 11.6 Å². The number of rotatable bonds is 6. The predicted molar refractivity (Wildman–Crippen MR) is 95.9 cm³/mol. The van der Waals surface area contributed by atoms with Gasteiger partial charge in [0.05, 0.1) is 6.42 Å². The molecular weight excluding hydrogens is 317 g/mol. The summed E-state index contributed by atoms with van der Waals surface area (Å²) >= 11 is 0. The van der Waals surface area contributed by atoms with E-state index in [1.807, 2.05) is 30.3 Å². The molecule has 0 bridgehead atoms. The maximum atomic E-state index is 13.1. The van der Waals surface area contributed by atoms with E-state index in [0.29, 0.717) is 17.9 Å². The molecular formula is C21H18FNO2. The van der Waals surface area contributed by atoms with Crippen molar-refractivity contribution in [2.45, 2.75) is 13.0 Å². The Bertz CT molecular complexity index is 832. The Morgan fingerprint density at radius 2 is 1.60 bits per heavy atom. The van der Waals surface area contributed by atoms with E-state index >= 15 is 0 Å². The molecule has 0 aromatic heterocycles. The van der Waals surface area contributed by atoms with Crippen LogP contribution in [0.5, 0.6) is 5.75 Å². The summed E-state index contributed by atoms with van der Waals surface area (Å²) in [4.78, 5) is 12.0. The van der Waals surface area contributed by atoms with Crippen molar-refractivity contribution in [1.29, 1.82) is 0 Å². The summed E-state index contributed by atoms with van der Waals surface area (Å²) < 4.78 is 18.8. The van der Waals surface area contributed by atoms with Crippen LogP contribution in [-0.2, 0) is 17.8 Å². The van der Waals surface area contributed by atoms with Crippen LogP contribution in [0.4, 0.5) is 10.1 Å². The van der Waals surface area contributed by atoms with Crippen LogP contribution in [-0.4, -0.2) is 5.91 Å². The fourth-order valence-electron chi connectivity index (χ4n) is 2.41. The van der Waals surface area contributed by atoms with Gasteiger partial charge in [-0.1, -0.05) is 42.5 Å². The molecule has 1 N–H and O–H groups in total. The number of nitrogens with one attached hydrogen (secondary N) is 1. The molecule has 0 aliphatic carbocycles. The molecule has 0 saturated heterocycles. The van der Waals surface area contributed by atoms with E-state index in [9.17, 15) is 9.18 Å². The van der Waals surface area contributed by atoms with Crippen molar-refractivity contribution in [3.05, 3.63) is 95.8 Å². The standard InChI is InChI=1S/C21H18FNO2/c22-18-8-4-7-17(13-18)14-21(24)23-19-9-11-20(12-10-19)25-15-16-5-2-1-3-6-16/h1-13H,14-15H2,(H,23,24). The second kappa shape index (κ2) is 8.11. The Hall–Kier alpha value is -3.14. The number of hydrogen-bond acceptors (Lipinski definition) is 2. The molecule has 4 heteroatoms. The zero-order chi connectivity index (χ0) is 17.5. The lowest BCUT2D eigenvalue weighted by atomic mass is 10.1. The average molecular weight is 335 g/mol. The lowest BCUT2D eigenvalue weighted by Crippen LogP contribution is -2.14. The molecule has 1 amide bonds. The molecule has 126 valence electrons. The number of halogens is 1. The molecule has 0 spiro atoms. The normalized spacial score (nSPS) is 10.3. The molecule has 0 heterocycles. The van der Waals surface area contributed by atoms with Crippen LogP contribution in [0.3, 0.4) is 0 Å². The van der Waals surface area contributed by atoms with Gasteiger partial charge in [0.25, 0.3) is 0 Å². The van der Waals surface area contributed by atoms with Gasteiger partial charge < -0.3 is 10.1 Å². The minimum Gasteiger partial charge on any atom is -0.489 e. The largest absolute Gasteiger partial charge is 0.489 e. The zero-order valence-corrected chi connectivity index (χ0v) is 13.6. The summed E-state index contributed by atoms with van der Waals surface area (Å²) in [6, 6.07) is 23.1. The topological polar surface area (TPSA) is 38.3 Å². The Labute approximate surface area is 146 Å². The Balaban J connectivity index is 1.52. The first-order valence-corrected chi connectivity index (χ1v) is 8.00. The van der Waals surface area contributed by atoms with Gasteiger partial charge in [-0.3, -0.25) is 4.79 Å². The summed E-state index contributed by atoms with van der Waals surface area (Å²) in [5.74, 6) is 0.195. The third-order valence-corrected chi connectivity index (χ3v) is 3.64. The van der Waals surface area contributed by atoms with Gasteiger partial charge in [-0.2, -0.15) is 0 Å². The minimum atomic E-state index is -0.342. The van der Waals surface area contributed by atoms with Crippen LogP contribution >= 0.6 is 0 Å². The van der Waals surface area contributed by atoms with Crippen LogP contribution < -0.4 is 10.1 Å². The van der Waals surface area contributed by atoms with E-state index in [2.05, 4.69) is 5.32 Å². The molecule has 3 aromatic rings. The second-order valence-corrected chi connectivity index (χ2v) is 5.65. The molecule has 0 aliphatic rings. The van der Waals surface area contributed by atoms with Gasteiger partial charge in [0, 0.05) is 5.69 Å². The molecule has 0 unspecified atom stereocenters. The quantitative estimate of drug-likeness (QED) is 0.716. The van der Waals surface area contributed by atoms with Crippen LogP contribution in [0.15, 0.2) is 78.9 Å². The van der Waals surface area contributed by atoms with E-state index in [0.717, 1.165) is 11.3 Å². The van der Waals surface area contributed by atoms with Crippen molar-refractivity contribution in [2.24, 2.45) is 0 Å². The Kier molecular flexibility index (Phi) is 5.42. The van der Waals surface area contributed by atoms with Crippen molar-refractivity contribution in [3.8, 4) is 5.75 Å². The molecule has 0 fully saturated rings. The summed E-state index contributed by atoms with van der Waals surface area (Å²) in [6.45, 7) is 0.492. The van der Waals surface area contributed by atoms with Gasteiger partial charge in [-0.05, 0) is 47.5 Å². The van der Waals surface area contributed by atoms with Crippen molar-refractivity contribution in [1.82, 2.24) is 0 Å². The second-order valence-electron chi connectivity index (χ2n) is 5.65. The summed E-state index contributed by atoms with van der Waals surface area (Å²) in [5.41, 5.74) is 2.41. The summed E-state index contributed by atoms with van der Waals surface area (Å²) in [7, 11) is 0. The van der Waals surface area contributed by atoms with Gasteiger partial charge in [-0.15, -0.1) is 0 Å². The third-order valence-electron chi connectivity index (χ3n) is 3.64. The molecule has 0 saturated carbocycles. The summed E-state index contributed by atoms with van der Waals surface area (Å²) in [6.07, 6.45) is 0.129. The Morgan fingerprint density at radius 1 is 0.880 bits per heavy atom. The fraction of sp³-hybridized carbons (Fsp3) is 0.0952. The zero-order valence-electron chi connectivity index (χ0n) is 13.6. The number of carbonyl (C=O) groups excluding carboxylic acids is 1. The average Bonchev–Trinajstić information content (AvgIpc) is 2.62. The maximum Gasteiger partial charge on any atom is 0.228 e. The lowest BCUT2D eigenvalue weighted by Gasteiger charge is -2.09. The third kappa shape index (κ3) is 5.18. The first kappa shape index (κ1) is 16.7. The number of amides is 1. The highest BCUT2D eigenvalue weighted by Gasteiger charge is 2.05. The molecule has 0 radical (unpaired) electrons. The molecule has 3 nitrogen and oxygen atoms in total. The van der Waals surface area contributed by atoms with E-state index < -0.39 is 0 Å². The lowest BCUT2D eigenvalue weighted by molar-refractivity contribution is -0.115. The van der Waals surface area contributed by atoms with E-state index in [4.69, 9.17) is 4.74 Å². The highest BCUT2D eigenvalue weighted by Crippen LogP contribution is 2.17. The highest BCUT2D eigenvalue weighted by molar-refractivity contribution is 5.92. The molecule has 25 heavy (non-hydrogen) atoms. The SMILES string of the molecule is O=C(Cc1cccc(F)c1)Nc1ccc(OCc2ccccc2)cc1. The number of anilines is 1. The maximum absolute atomic E-state index is 13.1. The van der Waals surface area contributed by atoms with Crippen molar-refractivity contribution < 1.29 is 13.9 Å². The fourth-order valence-corrected chi connectivity index (χ4v) is 2.41. The van der Waals surface area contributed by atoms with Gasteiger partial charge in [-0.25, -0.2) is 4.39 Å². The molecule has 3 aromatic carbocycles. The van der Waals surface area contributed by atoms with Gasteiger partial charge in [0.1, 0.15) is 18.2 Å².